The van der Waals surface area contributed by atoms with Crippen molar-refractivity contribution in [2.75, 3.05) is 0 Å². The van der Waals surface area contributed by atoms with E-state index < -0.39 is 0 Å². The first-order chi connectivity index (χ1) is 8.25. The van der Waals surface area contributed by atoms with Crippen LogP contribution in [0.15, 0.2) is 6.07 Å². The van der Waals surface area contributed by atoms with Crippen molar-refractivity contribution in [2.45, 2.75) is 33.6 Å². The normalized spacial score (nSPS) is 21.4. The molecule has 0 aliphatic heterocycles. The number of pyridine rings is 1. The summed E-state index contributed by atoms with van der Waals surface area (Å²) in [7, 11) is 0. The van der Waals surface area contributed by atoms with Crippen LogP contribution in [0.3, 0.4) is 0 Å². The number of imidazole rings is 1. The van der Waals surface area contributed by atoms with Gasteiger partial charge in [0.1, 0.15) is 11.0 Å². The van der Waals surface area contributed by atoms with Gasteiger partial charge in [-0.1, -0.05) is 50.9 Å². The van der Waals surface area contributed by atoms with Crippen LogP contribution in [0, 0.1) is 10.8 Å². The monoisotopic (exact) mass is 283 g/mol. The smallest absolute Gasteiger partial charge is 0.179 e. The van der Waals surface area contributed by atoms with Crippen LogP contribution in [0.4, 0.5) is 0 Å². The van der Waals surface area contributed by atoms with Crippen LogP contribution in [-0.4, -0.2) is 15.0 Å². The maximum atomic E-state index is 5.96. The Bertz CT molecular complexity index is 590. The quantitative estimate of drug-likeness (QED) is 0.788. The maximum Gasteiger partial charge on any atom is 0.179 e. The number of rotatable bonds is 1. The van der Waals surface area contributed by atoms with E-state index in [1.54, 1.807) is 6.07 Å². The van der Waals surface area contributed by atoms with Crippen LogP contribution in [0.1, 0.15) is 39.4 Å². The van der Waals surface area contributed by atoms with Gasteiger partial charge in [0.15, 0.2) is 5.65 Å². The second kappa shape index (κ2) is 3.40. The van der Waals surface area contributed by atoms with Crippen molar-refractivity contribution >= 4 is 34.4 Å². The lowest BCUT2D eigenvalue weighted by molar-refractivity contribution is 0.457. The second-order valence-electron chi connectivity index (χ2n) is 6.13. The van der Waals surface area contributed by atoms with Crippen LogP contribution >= 0.6 is 23.2 Å². The fourth-order valence-electron chi connectivity index (χ4n) is 2.93. The van der Waals surface area contributed by atoms with Gasteiger partial charge in [-0.3, -0.25) is 0 Å². The second-order valence-corrected chi connectivity index (χ2v) is 6.90. The largest absolute Gasteiger partial charge is 0.340 e. The number of H-pyrrole nitrogens is 1. The van der Waals surface area contributed by atoms with Crippen LogP contribution < -0.4 is 0 Å². The lowest BCUT2D eigenvalue weighted by Gasteiger charge is -2.03. The summed E-state index contributed by atoms with van der Waals surface area (Å²) in [6, 6.07) is 1.78. The van der Waals surface area contributed by atoms with E-state index in [-0.39, 0.29) is 10.8 Å². The minimum Gasteiger partial charge on any atom is -0.340 e. The first kappa shape index (κ1) is 12.2. The number of nitrogens with zero attached hydrogens (tertiary/aromatic N) is 2. The number of nitrogens with one attached hydrogen (secondary N) is 1. The van der Waals surface area contributed by atoms with E-state index in [1.165, 1.54) is 0 Å². The minimum absolute atomic E-state index is 0.245. The van der Waals surface area contributed by atoms with E-state index in [1.807, 2.05) is 0 Å². The topological polar surface area (TPSA) is 41.6 Å². The molecule has 1 fully saturated rings. The summed E-state index contributed by atoms with van der Waals surface area (Å²) in [5.41, 5.74) is 1.97. The fraction of sp³-hybridized carbons (Fsp3) is 0.538. The molecule has 3 nitrogen and oxygen atoms in total. The van der Waals surface area contributed by atoms with Gasteiger partial charge in [-0.25, -0.2) is 9.97 Å². The zero-order valence-corrected chi connectivity index (χ0v) is 12.3. The summed E-state index contributed by atoms with van der Waals surface area (Å²) < 4.78 is 0. The molecule has 96 valence electrons. The van der Waals surface area contributed by atoms with Gasteiger partial charge >= 0.3 is 0 Å². The van der Waals surface area contributed by atoms with Gasteiger partial charge in [-0.05, 0) is 16.9 Å². The summed E-state index contributed by atoms with van der Waals surface area (Å²) in [6.07, 6.45) is 0. The Kier molecular flexibility index (Phi) is 2.31. The van der Waals surface area contributed by atoms with E-state index in [2.05, 4.69) is 42.6 Å². The highest BCUT2D eigenvalue weighted by atomic mass is 35.5. The van der Waals surface area contributed by atoms with Crippen molar-refractivity contribution in [3.05, 3.63) is 22.1 Å². The van der Waals surface area contributed by atoms with E-state index in [0.29, 0.717) is 21.7 Å². The Hall–Kier alpha value is -0.800. The summed E-state index contributed by atoms with van der Waals surface area (Å²) in [5.74, 6) is 1.39. The molecule has 0 amide bonds. The van der Waals surface area contributed by atoms with E-state index in [9.17, 15) is 0 Å². The average Bonchev–Trinajstić information content (AvgIpc) is 2.56. The Morgan fingerprint density at radius 1 is 1.11 bits per heavy atom. The summed E-state index contributed by atoms with van der Waals surface area (Å²) in [5, 5.41) is 0.755. The lowest BCUT2D eigenvalue weighted by Crippen LogP contribution is -1.95. The predicted molar refractivity (Wildman–Crippen MR) is 74.2 cm³/mol. The molecule has 0 unspecified atom stereocenters. The summed E-state index contributed by atoms with van der Waals surface area (Å²) in [4.78, 5) is 12.1. The van der Waals surface area contributed by atoms with Gasteiger partial charge in [-0.2, -0.15) is 0 Å². The highest BCUT2D eigenvalue weighted by Gasteiger charge is 2.66. The SMILES string of the molecule is CC1(C)C(c2nc3nc(Cl)c(Cl)cc3[nH]2)C1(C)C. The third kappa shape index (κ3) is 1.44. The summed E-state index contributed by atoms with van der Waals surface area (Å²) >= 11 is 11.9. The highest BCUT2D eigenvalue weighted by molar-refractivity contribution is 6.41. The van der Waals surface area contributed by atoms with Gasteiger partial charge in [0.25, 0.3) is 0 Å². The van der Waals surface area contributed by atoms with Gasteiger partial charge in [-0.15, -0.1) is 0 Å². The number of aromatic nitrogens is 3. The minimum atomic E-state index is 0.245. The van der Waals surface area contributed by atoms with Gasteiger partial charge in [0.2, 0.25) is 0 Å². The number of hydrogen-bond acceptors (Lipinski definition) is 2. The molecule has 0 radical (unpaired) electrons. The van der Waals surface area contributed by atoms with Crippen molar-refractivity contribution in [1.29, 1.82) is 0 Å². The predicted octanol–water partition coefficient (Wildman–Crippen LogP) is 4.41. The zero-order valence-electron chi connectivity index (χ0n) is 10.8. The molecule has 2 aromatic heterocycles. The van der Waals surface area contributed by atoms with E-state index in [0.717, 1.165) is 11.3 Å². The molecule has 2 heterocycles. The first-order valence-corrected chi connectivity index (χ1v) is 6.72. The molecule has 1 aliphatic rings. The summed E-state index contributed by atoms with van der Waals surface area (Å²) in [6.45, 7) is 9.05. The highest BCUT2D eigenvalue weighted by Crippen LogP contribution is 2.73. The molecule has 1 N–H and O–H groups in total. The molecule has 1 saturated carbocycles. The molecule has 5 heteroatoms. The molecule has 0 spiro atoms. The van der Waals surface area contributed by atoms with Crippen molar-refractivity contribution in [3.63, 3.8) is 0 Å². The molecule has 1 aliphatic carbocycles. The average molecular weight is 284 g/mol. The van der Waals surface area contributed by atoms with Crippen LogP contribution in [0.2, 0.25) is 10.2 Å². The number of halogens is 2. The van der Waals surface area contributed by atoms with Crippen LogP contribution in [0.5, 0.6) is 0 Å². The van der Waals surface area contributed by atoms with Crippen molar-refractivity contribution in [2.24, 2.45) is 10.8 Å². The first-order valence-electron chi connectivity index (χ1n) is 5.97. The molecule has 0 saturated heterocycles. The molecular formula is C13H15Cl2N3. The van der Waals surface area contributed by atoms with Gasteiger partial charge in [0.05, 0.1) is 10.5 Å². The van der Waals surface area contributed by atoms with Crippen molar-refractivity contribution < 1.29 is 0 Å². The molecular weight excluding hydrogens is 269 g/mol. The third-order valence-corrected chi connectivity index (χ3v) is 5.37. The Balaban J connectivity index is 2.11. The molecule has 0 aromatic carbocycles. The lowest BCUT2D eigenvalue weighted by atomic mass is 10.0. The molecule has 0 bridgehead atoms. The maximum absolute atomic E-state index is 5.96. The van der Waals surface area contributed by atoms with Gasteiger partial charge in [0, 0.05) is 5.92 Å². The Morgan fingerprint density at radius 2 is 1.72 bits per heavy atom. The van der Waals surface area contributed by atoms with E-state index in [4.69, 9.17) is 23.2 Å². The molecule has 0 atom stereocenters. The van der Waals surface area contributed by atoms with Crippen molar-refractivity contribution in [3.8, 4) is 0 Å². The standard InChI is InChI=1S/C13H15Cl2N3/c1-12(2)8(13(12,3)4)11-16-7-5-6(14)9(15)17-10(7)18-11/h5,8H,1-4H3,(H,16,17,18). The fourth-order valence-corrected chi connectivity index (χ4v) is 3.22. The Labute approximate surface area is 116 Å². The van der Waals surface area contributed by atoms with Crippen molar-refractivity contribution in [1.82, 2.24) is 15.0 Å². The third-order valence-electron chi connectivity index (χ3n) is 4.70. The van der Waals surface area contributed by atoms with E-state index >= 15 is 0 Å². The molecule has 3 rings (SSSR count). The Morgan fingerprint density at radius 3 is 2.28 bits per heavy atom. The number of fused-ring (bicyclic) bond motifs is 1. The zero-order chi connectivity index (χ0) is 13.3. The molecule has 2 aromatic rings. The number of hydrogen-bond donors (Lipinski definition) is 1. The van der Waals surface area contributed by atoms with Gasteiger partial charge < -0.3 is 4.98 Å². The van der Waals surface area contributed by atoms with Crippen LogP contribution in [0.25, 0.3) is 11.2 Å². The van der Waals surface area contributed by atoms with Crippen LogP contribution in [-0.2, 0) is 0 Å². The number of aromatic amines is 1. The molecule has 18 heavy (non-hydrogen) atoms.